The molecule has 1 heterocycles. The second-order valence-corrected chi connectivity index (χ2v) is 7.32. The molecule has 2 N–H and O–H groups in total. The van der Waals surface area contributed by atoms with Crippen molar-refractivity contribution in [3.8, 4) is 5.75 Å². The number of nitrogens with one attached hydrogen (secondary N) is 2. The quantitative estimate of drug-likeness (QED) is 0.660. The predicted molar refractivity (Wildman–Crippen MR) is 119 cm³/mol. The first-order valence-electron chi connectivity index (χ1n) is 10.2. The predicted octanol–water partition coefficient (Wildman–Crippen LogP) is 3.57. The van der Waals surface area contributed by atoms with Gasteiger partial charge >= 0.3 is 0 Å². The zero-order valence-electron chi connectivity index (χ0n) is 16.9. The van der Waals surface area contributed by atoms with Gasteiger partial charge in [0.25, 0.3) is 5.91 Å². The Morgan fingerprint density at radius 3 is 2.67 bits per heavy atom. The highest BCUT2D eigenvalue weighted by molar-refractivity contribution is 6.03. The fourth-order valence-electron chi connectivity index (χ4n) is 3.65. The minimum absolute atomic E-state index is 0.126. The van der Waals surface area contributed by atoms with Crippen LogP contribution < -0.4 is 20.3 Å². The van der Waals surface area contributed by atoms with Gasteiger partial charge < -0.3 is 20.3 Å². The zero-order chi connectivity index (χ0) is 20.9. The molecule has 0 aromatic heterocycles. The van der Waals surface area contributed by atoms with Gasteiger partial charge in [-0.2, -0.15) is 0 Å². The molecule has 154 valence electrons. The lowest BCUT2D eigenvalue weighted by Crippen LogP contribution is -2.50. The molecule has 3 aromatic carbocycles. The van der Waals surface area contributed by atoms with Crippen molar-refractivity contribution in [3.63, 3.8) is 0 Å². The molecule has 0 fully saturated rings. The van der Waals surface area contributed by atoms with Crippen molar-refractivity contribution in [1.29, 1.82) is 0 Å². The van der Waals surface area contributed by atoms with Crippen LogP contribution in [0.1, 0.15) is 13.3 Å². The fraction of sp³-hybridized carbons (Fsp3) is 0.250. The highest BCUT2D eigenvalue weighted by Gasteiger charge is 2.31. The van der Waals surface area contributed by atoms with Crippen LogP contribution in [0.5, 0.6) is 5.75 Å². The Kier molecular flexibility index (Phi) is 5.84. The monoisotopic (exact) mass is 403 g/mol. The van der Waals surface area contributed by atoms with Crippen LogP contribution in [-0.2, 0) is 9.59 Å². The molecule has 1 atom stereocenters. The summed E-state index contributed by atoms with van der Waals surface area (Å²) in [7, 11) is 0. The van der Waals surface area contributed by atoms with Gasteiger partial charge in [-0.3, -0.25) is 9.59 Å². The number of ether oxygens (including phenoxy) is 1. The lowest BCUT2D eigenvalue weighted by atomic mass is 10.1. The van der Waals surface area contributed by atoms with Crippen LogP contribution in [0.4, 0.5) is 11.4 Å². The van der Waals surface area contributed by atoms with E-state index in [1.165, 1.54) is 0 Å². The number of hydrogen-bond acceptors (Lipinski definition) is 4. The number of fused-ring (bicyclic) bond motifs is 2. The Hall–Kier alpha value is -3.54. The lowest BCUT2D eigenvalue weighted by Gasteiger charge is -2.35. The van der Waals surface area contributed by atoms with Gasteiger partial charge in [-0.25, -0.2) is 0 Å². The normalized spacial score (nSPS) is 15.2. The average Bonchev–Trinajstić information content (AvgIpc) is 2.77. The first kappa shape index (κ1) is 19.8. The van der Waals surface area contributed by atoms with E-state index in [2.05, 4.69) is 10.6 Å². The van der Waals surface area contributed by atoms with Crippen LogP contribution in [0.15, 0.2) is 66.7 Å². The first-order chi connectivity index (χ1) is 14.7. The van der Waals surface area contributed by atoms with Crippen molar-refractivity contribution in [2.24, 2.45) is 0 Å². The highest BCUT2D eigenvalue weighted by atomic mass is 16.5. The molecular formula is C24H25N3O3. The van der Waals surface area contributed by atoms with Crippen LogP contribution in [0.2, 0.25) is 0 Å². The summed E-state index contributed by atoms with van der Waals surface area (Å²) in [6.45, 7) is 3.04. The van der Waals surface area contributed by atoms with E-state index in [0.29, 0.717) is 18.8 Å². The van der Waals surface area contributed by atoms with Crippen molar-refractivity contribution >= 4 is 34.0 Å². The van der Waals surface area contributed by atoms with Crippen LogP contribution >= 0.6 is 0 Å². The molecule has 6 heteroatoms. The molecule has 1 aliphatic heterocycles. The molecule has 0 saturated carbocycles. The number of carbonyl (C=O) groups is 2. The summed E-state index contributed by atoms with van der Waals surface area (Å²) in [5, 5.41) is 7.96. The van der Waals surface area contributed by atoms with E-state index in [4.69, 9.17) is 4.74 Å². The summed E-state index contributed by atoms with van der Waals surface area (Å²) in [6, 6.07) is 21.3. The third-order valence-electron chi connectivity index (χ3n) is 5.10. The molecule has 0 bridgehead atoms. The Morgan fingerprint density at radius 1 is 1.03 bits per heavy atom. The fourth-order valence-corrected chi connectivity index (χ4v) is 3.65. The first-order valence-corrected chi connectivity index (χ1v) is 10.2. The van der Waals surface area contributed by atoms with Gasteiger partial charge in [-0.05, 0) is 30.0 Å². The number of carbonyl (C=O) groups excluding carboxylic acids is 2. The van der Waals surface area contributed by atoms with E-state index < -0.39 is 6.10 Å². The second-order valence-electron chi connectivity index (χ2n) is 7.32. The molecule has 0 unspecified atom stereocenters. The number of rotatable bonds is 6. The van der Waals surface area contributed by atoms with Crippen molar-refractivity contribution in [2.45, 2.75) is 19.4 Å². The van der Waals surface area contributed by atoms with Crippen molar-refractivity contribution < 1.29 is 14.3 Å². The van der Waals surface area contributed by atoms with Crippen LogP contribution in [0.25, 0.3) is 10.8 Å². The zero-order valence-corrected chi connectivity index (χ0v) is 16.9. The maximum Gasteiger partial charge on any atom is 0.262 e. The molecule has 3 aromatic rings. The summed E-state index contributed by atoms with van der Waals surface area (Å²) >= 11 is 0. The average molecular weight is 403 g/mol. The van der Waals surface area contributed by atoms with E-state index in [-0.39, 0.29) is 18.4 Å². The minimum Gasteiger partial charge on any atom is -0.477 e. The Morgan fingerprint density at radius 2 is 1.80 bits per heavy atom. The van der Waals surface area contributed by atoms with Crippen molar-refractivity contribution in [2.75, 3.05) is 29.9 Å². The van der Waals surface area contributed by atoms with Gasteiger partial charge in [-0.15, -0.1) is 0 Å². The van der Waals surface area contributed by atoms with Crippen LogP contribution in [0, 0.1) is 0 Å². The van der Waals surface area contributed by atoms with E-state index in [1.807, 2.05) is 78.6 Å². The topological polar surface area (TPSA) is 70.7 Å². The summed E-state index contributed by atoms with van der Waals surface area (Å²) in [5.74, 6) is 0.306. The van der Waals surface area contributed by atoms with Crippen LogP contribution in [-0.4, -0.2) is 37.6 Å². The smallest absolute Gasteiger partial charge is 0.262 e. The molecule has 4 rings (SSSR count). The maximum absolute atomic E-state index is 12.9. The maximum atomic E-state index is 12.9. The van der Waals surface area contributed by atoms with E-state index in [0.717, 1.165) is 28.6 Å². The second kappa shape index (κ2) is 8.86. The minimum atomic E-state index is -0.656. The summed E-state index contributed by atoms with van der Waals surface area (Å²) < 4.78 is 5.89. The molecular weight excluding hydrogens is 378 g/mol. The molecule has 1 aliphatic rings. The molecule has 0 aliphatic carbocycles. The molecule has 0 saturated heterocycles. The number of benzene rings is 3. The van der Waals surface area contributed by atoms with Gasteiger partial charge in [0, 0.05) is 17.6 Å². The Bertz CT molecular complexity index is 1060. The summed E-state index contributed by atoms with van der Waals surface area (Å²) in [5.41, 5.74) is 1.59. The highest BCUT2D eigenvalue weighted by Crippen LogP contribution is 2.33. The number of amides is 2. The van der Waals surface area contributed by atoms with Crippen molar-refractivity contribution in [1.82, 2.24) is 5.32 Å². The van der Waals surface area contributed by atoms with Crippen LogP contribution in [0.3, 0.4) is 0 Å². The number of para-hydroxylation sites is 2. The Labute approximate surface area is 175 Å². The Balaban J connectivity index is 1.52. The standard InChI is InChI=1S/C24H25N3O3/c1-2-14-25-24(29)22-15-27(20-12-5-6-13-21(20)30-22)16-23(28)26-19-11-7-9-17-8-3-4-10-18(17)19/h3-13,22H,2,14-16H2,1H3,(H,25,29)(H,26,28)/t22-/m1/s1. The van der Waals surface area contributed by atoms with E-state index >= 15 is 0 Å². The molecule has 30 heavy (non-hydrogen) atoms. The molecule has 0 radical (unpaired) electrons. The largest absolute Gasteiger partial charge is 0.477 e. The van der Waals surface area contributed by atoms with Gasteiger partial charge in [0.1, 0.15) is 5.75 Å². The third-order valence-corrected chi connectivity index (χ3v) is 5.10. The van der Waals surface area contributed by atoms with Crippen molar-refractivity contribution in [3.05, 3.63) is 66.7 Å². The molecule has 0 spiro atoms. The molecule has 6 nitrogen and oxygen atoms in total. The number of anilines is 2. The van der Waals surface area contributed by atoms with Gasteiger partial charge in [-0.1, -0.05) is 55.5 Å². The van der Waals surface area contributed by atoms with Gasteiger partial charge in [0.2, 0.25) is 5.91 Å². The lowest BCUT2D eigenvalue weighted by molar-refractivity contribution is -0.128. The number of nitrogens with zero attached hydrogens (tertiary/aromatic N) is 1. The van der Waals surface area contributed by atoms with E-state index in [1.54, 1.807) is 0 Å². The van der Waals surface area contributed by atoms with Gasteiger partial charge in [0.05, 0.1) is 18.8 Å². The summed E-state index contributed by atoms with van der Waals surface area (Å²) in [4.78, 5) is 27.3. The van der Waals surface area contributed by atoms with Gasteiger partial charge in [0.15, 0.2) is 6.10 Å². The SMILES string of the molecule is CCCNC(=O)[C@H]1CN(CC(=O)Nc2cccc3ccccc23)c2ccccc2O1. The molecule has 2 amide bonds. The van der Waals surface area contributed by atoms with E-state index in [9.17, 15) is 9.59 Å². The summed E-state index contributed by atoms with van der Waals surface area (Å²) in [6.07, 6.45) is 0.198. The number of hydrogen-bond donors (Lipinski definition) is 2. The third kappa shape index (κ3) is 4.22.